The number of nitrogens with zero attached hydrogens (tertiary/aromatic N) is 3. The van der Waals surface area contributed by atoms with Crippen molar-refractivity contribution in [2.75, 3.05) is 16.1 Å². The molecule has 1 amide bonds. The summed E-state index contributed by atoms with van der Waals surface area (Å²) in [5.41, 5.74) is 7.49. The summed E-state index contributed by atoms with van der Waals surface area (Å²) in [5, 5.41) is 6.02. The fourth-order valence-electron chi connectivity index (χ4n) is 3.37. The average Bonchev–Trinajstić information content (AvgIpc) is 3.05. The topological polar surface area (TPSA) is 114 Å². The standard InChI is InChI=1S/C21H18N6O3/c1-12-11-22-20(23-14-8-6-13-7-9-18(28)24-15(13)10-14)25-19(12)26-27-16-4-2-3-5-17(16)30-21(27)29/h2-6,8,10-11H,7,9H2,1H3,(H,24,28)(H2,22,23,25,26). The van der Waals surface area contributed by atoms with Gasteiger partial charge in [0, 0.05) is 29.6 Å². The highest BCUT2D eigenvalue weighted by Crippen LogP contribution is 2.27. The van der Waals surface area contributed by atoms with Gasteiger partial charge in [0.15, 0.2) is 11.4 Å². The molecule has 5 rings (SSSR count). The number of benzene rings is 2. The lowest BCUT2D eigenvalue weighted by Crippen LogP contribution is -2.23. The van der Waals surface area contributed by atoms with E-state index in [1.807, 2.05) is 31.2 Å². The Kier molecular flexibility index (Phi) is 4.20. The second-order valence-corrected chi connectivity index (χ2v) is 7.05. The van der Waals surface area contributed by atoms with Crippen LogP contribution in [-0.4, -0.2) is 20.6 Å². The SMILES string of the molecule is Cc1cnc(Nc2ccc3c(c2)NC(=O)CC3)nc1Nn1c(=O)oc2ccccc21. The van der Waals surface area contributed by atoms with Crippen molar-refractivity contribution in [2.45, 2.75) is 19.8 Å². The molecule has 3 N–H and O–H groups in total. The van der Waals surface area contributed by atoms with Crippen molar-refractivity contribution in [2.24, 2.45) is 0 Å². The summed E-state index contributed by atoms with van der Waals surface area (Å²) >= 11 is 0. The Morgan fingerprint density at radius 1 is 1.13 bits per heavy atom. The van der Waals surface area contributed by atoms with Crippen LogP contribution in [-0.2, 0) is 11.2 Å². The van der Waals surface area contributed by atoms with E-state index in [4.69, 9.17) is 4.42 Å². The number of aryl methyl sites for hydroxylation is 2. The second-order valence-electron chi connectivity index (χ2n) is 7.05. The van der Waals surface area contributed by atoms with Crippen LogP contribution >= 0.6 is 0 Å². The highest BCUT2D eigenvalue weighted by molar-refractivity contribution is 5.94. The van der Waals surface area contributed by atoms with Crippen molar-refractivity contribution >= 4 is 40.1 Å². The Morgan fingerprint density at radius 3 is 2.90 bits per heavy atom. The lowest BCUT2D eigenvalue weighted by molar-refractivity contribution is -0.116. The molecule has 0 saturated carbocycles. The van der Waals surface area contributed by atoms with E-state index >= 15 is 0 Å². The van der Waals surface area contributed by atoms with Gasteiger partial charge in [-0.15, -0.1) is 0 Å². The molecule has 0 atom stereocenters. The largest absolute Gasteiger partial charge is 0.439 e. The quantitative estimate of drug-likeness (QED) is 0.480. The molecule has 2 aromatic carbocycles. The highest BCUT2D eigenvalue weighted by Gasteiger charge is 2.15. The number of para-hydroxylation sites is 2. The molecule has 9 heteroatoms. The maximum absolute atomic E-state index is 12.2. The van der Waals surface area contributed by atoms with E-state index in [0.29, 0.717) is 29.3 Å². The lowest BCUT2D eigenvalue weighted by atomic mass is 10.0. The molecule has 2 aromatic heterocycles. The van der Waals surface area contributed by atoms with Crippen LogP contribution in [0.4, 0.5) is 23.1 Å². The Bertz CT molecular complexity index is 1340. The Morgan fingerprint density at radius 2 is 2.00 bits per heavy atom. The summed E-state index contributed by atoms with van der Waals surface area (Å²) in [7, 11) is 0. The van der Waals surface area contributed by atoms with Crippen molar-refractivity contribution in [1.82, 2.24) is 14.6 Å². The monoisotopic (exact) mass is 402 g/mol. The molecule has 0 spiro atoms. The first-order chi connectivity index (χ1) is 14.6. The number of anilines is 4. The number of rotatable bonds is 4. The van der Waals surface area contributed by atoms with Gasteiger partial charge in [0.2, 0.25) is 11.9 Å². The molecule has 0 aliphatic carbocycles. The van der Waals surface area contributed by atoms with Gasteiger partial charge in [0.05, 0.1) is 0 Å². The molecule has 0 unspecified atom stereocenters. The maximum atomic E-state index is 12.2. The number of carbonyl (C=O) groups excluding carboxylic acids is 1. The third-order valence-electron chi connectivity index (χ3n) is 4.94. The van der Waals surface area contributed by atoms with Crippen LogP contribution in [0.25, 0.3) is 11.1 Å². The number of aromatic nitrogens is 3. The van der Waals surface area contributed by atoms with Crippen LogP contribution in [0.3, 0.4) is 0 Å². The van der Waals surface area contributed by atoms with Crippen LogP contribution in [0.5, 0.6) is 0 Å². The second kappa shape index (κ2) is 7.03. The summed E-state index contributed by atoms with van der Waals surface area (Å²) in [6, 6.07) is 12.9. The molecule has 1 aliphatic heterocycles. The van der Waals surface area contributed by atoms with Crippen molar-refractivity contribution in [1.29, 1.82) is 0 Å². The van der Waals surface area contributed by atoms with Crippen LogP contribution in [0.15, 0.2) is 57.9 Å². The molecule has 1 aliphatic rings. The number of carbonyl (C=O) groups is 1. The summed E-state index contributed by atoms with van der Waals surface area (Å²) in [4.78, 5) is 32.7. The molecule has 150 valence electrons. The van der Waals surface area contributed by atoms with Gasteiger partial charge in [-0.2, -0.15) is 9.66 Å². The Labute approximate surface area is 170 Å². The number of hydrogen-bond acceptors (Lipinski definition) is 7. The first kappa shape index (κ1) is 17.9. The maximum Gasteiger partial charge on any atom is 0.439 e. The molecule has 0 fully saturated rings. The molecular weight excluding hydrogens is 384 g/mol. The van der Waals surface area contributed by atoms with Crippen molar-refractivity contribution in [3.05, 3.63) is 70.3 Å². The van der Waals surface area contributed by atoms with E-state index in [0.717, 1.165) is 28.9 Å². The third kappa shape index (κ3) is 3.26. The first-order valence-electron chi connectivity index (χ1n) is 9.48. The van der Waals surface area contributed by atoms with E-state index in [1.54, 1.807) is 24.4 Å². The minimum atomic E-state index is -0.533. The third-order valence-corrected chi connectivity index (χ3v) is 4.94. The zero-order chi connectivity index (χ0) is 20.7. The summed E-state index contributed by atoms with van der Waals surface area (Å²) < 4.78 is 6.56. The Hall–Kier alpha value is -4.14. The molecule has 30 heavy (non-hydrogen) atoms. The van der Waals surface area contributed by atoms with Crippen LogP contribution in [0.1, 0.15) is 17.5 Å². The highest BCUT2D eigenvalue weighted by atomic mass is 16.4. The zero-order valence-electron chi connectivity index (χ0n) is 16.1. The van der Waals surface area contributed by atoms with Crippen LogP contribution in [0, 0.1) is 6.92 Å². The predicted molar refractivity (Wildman–Crippen MR) is 113 cm³/mol. The molecule has 4 aromatic rings. The van der Waals surface area contributed by atoms with E-state index in [2.05, 4.69) is 26.0 Å². The fraction of sp³-hybridized carbons (Fsp3) is 0.143. The van der Waals surface area contributed by atoms with E-state index < -0.39 is 5.76 Å². The van der Waals surface area contributed by atoms with Crippen LogP contribution in [0.2, 0.25) is 0 Å². The van der Waals surface area contributed by atoms with Gasteiger partial charge in [-0.05, 0) is 43.2 Å². The summed E-state index contributed by atoms with van der Waals surface area (Å²) in [6.07, 6.45) is 2.88. The molecule has 3 heterocycles. The molecule has 0 bridgehead atoms. The van der Waals surface area contributed by atoms with Gasteiger partial charge in [-0.1, -0.05) is 18.2 Å². The molecule has 9 nitrogen and oxygen atoms in total. The minimum Gasteiger partial charge on any atom is -0.406 e. The Balaban J connectivity index is 1.44. The van der Waals surface area contributed by atoms with Gasteiger partial charge < -0.3 is 15.1 Å². The van der Waals surface area contributed by atoms with Gasteiger partial charge in [-0.3, -0.25) is 10.2 Å². The number of hydrogen-bond donors (Lipinski definition) is 3. The average molecular weight is 402 g/mol. The van der Waals surface area contributed by atoms with Gasteiger partial charge in [0.1, 0.15) is 5.52 Å². The lowest BCUT2D eigenvalue weighted by Gasteiger charge is -2.18. The van der Waals surface area contributed by atoms with Crippen molar-refractivity contribution < 1.29 is 9.21 Å². The van der Waals surface area contributed by atoms with Crippen LogP contribution < -0.4 is 21.8 Å². The summed E-state index contributed by atoms with van der Waals surface area (Å²) in [5.74, 6) is 0.295. The first-order valence-corrected chi connectivity index (χ1v) is 9.48. The minimum absolute atomic E-state index is 0.00972. The van der Waals surface area contributed by atoms with Gasteiger partial charge >= 0.3 is 5.76 Å². The fourth-order valence-corrected chi connectivity index (χ4v) is 3.37. The van der Waals surface area contributed by atoms with E-state index in [-0.39, 0.29) is 5.91 Å². The van der Waals surface area contributed by atoms with Crippen molar-refractivity contribution in [3.8, 4) is 0 Å². The normalized spacial score (nSPS) is 13.0. The van der Waals surface area contributed by atoms with E-state index in [9.17, 15) is 9.59 Å². The number of nitrogens with one attached hydrogen (secondary N) is 3. The van der Waals surface area contributed by atoms with Gasteiger partial charge in [-0.25, -0.2) is 9.78 Å². The molecular formula is C21H18N6O3. The number of fused-ring (bicyclic) bond motifs is 2. The zero-order valence-corrected chi connectivity index (χ0v) is 16.1. The van der Waals surface area contributed by atoms with Crippen molar-refractivity contribution in [3.63, 3.8) is 0 Å². The predicted octanol–water partition coefficient (Wildman–Crippen LogP) is 3.20. The van der Waals surface area contributed by atoms with Gasteiger partial charge in [0.25, 0.3) is 0 Å². The summed E-state index contributed by atoms with van der Waals surface area (Å²) in [6.45, 7) is 1.84. The number of oxazole rings is 1. The smallest absolute Gasteiger partial charge is 0.406 e. The molecule has 0 saturated heterocycles. The van der Waals surface area contributed by atoms with E-state index in [1.165, 1.54) is 4.68 Å². The molecule has 0 radical (unpaired) electrons. The number of amides is 1.